The van der Waals surface area contributed by atoms with Crippen LogP contribution < -0.4 is 10.6 Å². The Balaban J connectivity index is 1.64. The van der Waals surface area contributed by atoms with Gasteiger partial charge in [-0.05, 0) is 64.5 Å². The molecule has 2 N–H and O–H groups in total. The Bertz CT molecular complexity index is 844. The maximum absolute atomic E-state index is 12.2. The van der Waals surface area contributed by atoms with Gasteiger partial charge in [0.1, 0.15) is 5.82 Å². The van der Waals surface area contributed by atoms with Crippen LogP contribution in [0.2, 0.25) is 0 Å². The summed E-state index contributed by atoms with van der Waals surface area (Å²) in [4.78, 5) is 28.1. The third-order valence-corrected chi connectivity index (χ3v) is 3.59. The van der Waals surface area contributed by atoms with Crippen molar-refractivity contribution in [2.24, 2.45) is 0 Å². The minimum Gasteiger partial charge on any atom is -0.459 e. The first-order valence-electron chi connectivity index (χ1n) is 6.99. The molecule has 0 bridgehead atoms. The summed E-state index contributed by atoms with van der Waals surface area (Å²) in [6, 6.07) is 13.2. The summed E-state index contributed by atoms with van der Waals surface area (Å²) in [5.41, 5.74) is 1.02. The standard InChI is InChI=1S/C17H12BrN3O3/c18-12-5-8-15(19-10-12)21-16(22)11-3-6-13(7-4-11)20-17(23)14-2-1-9-24-14/h1-10H,(H,20,23)(H,19,21,22). The van der Waals surface area contributed by atoms with Gasteiger partial charge in [0.05, 0.1) is 6.26 Å². The normalized spacial score (nSPS) is 10.2. The van der Waals surface area contributed by atoms with Gasteiger partial charge in [0.15, 0.2) is 5.76 Å². The Labute approximate surface area is 146 Å². The highest BCUT2D eigenvalue weighted by Crippen LogP contribution is 2.14. The predicted molar refractivity (Wildman–Crippen MR) is 93.0 cm³/mol. The average Bonchev–Trinajstić information content (AvgIpc) is 3.12. The zero-order valence-corrected chi connectivity index (χ0v) is 13.9. The molecule has 7 heteroatoms. The fraction of sp³-hybridized carbons (Fsp3) is 0. The molecule has 3 aromatic rings. The molecule has 2 amide bonds. The number of aromatic nitrogens is 1. The second-order valence-electron chi connectivity index (χ2n) is 4.82. The molecule has 0 fully saturated rings. The maximum atomic E-state index is 12.2. The molecule has 0 saturated carbocycles. The lowest BCUT2D eigenvalue weighted by Crippen LogP contribution is -2.14. The van der Waals surface area contributed by atoms with E-state index in [1.165, 1.54) is 6.26 Å². The number of carbonyl (C=O) groups excluding carboxylic acids is 2. The number of halogens is 1. The highest BCUT2D eigenvalue weighted by molar-refractivity contribution is 9.10. The van der Waals surface area contributed by atoms with Crippen LogP contribution in [0.3, 0.4) is 0 Å². The minimum absolute atomic E-state index is 0.220. The fourth-order valence-corrected chi connectivity index (χ4v) is 2.18. The van der Waals surface area contributed by atoms with Gasteiger partial charge in [-0.15, -0.1) is 0 Å². The predicted octanol–water partition coefficient (Wildman–Crippen LogP) is 3.94. The van der Waals surface area contributed by atoms with Gasteiger partial charge in [0.2, 0.25) is 0 Å². The zero-order chi connectivity index (χ0) is 16.9. The molecular weight excluding hydrogens is 374 g/mol. The van der Waals surface area contributed by atoms with Crippen LogP contribution in [0.1, 0.15) is 20.9 Å². The second-order valence-corrected chi connectivity index (χ2v) is 5.74. The number of carbonyl (C=O) groups is 2. The van der Waals surface area contributed by atoms with E-state index in [1.807, 2.05) is 0 Å². The van der Waals surface area contributed by atoms with E-state index < -0.39 is 0 Å². The van der Waals surface area contributed by atoms with E-state index in [0.29, 0.717) is 17.1 Å². The maximum Gasteiger partial charge on any atom is 0.291 e. The number of nitrogens with one attached hydrogen (secondary N) is 2. The lowest BCUT2D eigenvalue weighted by Gasteiger charge is -2.06. The molecular formula is C17H12BrN3O3. The van der Waals surface area contributed by atoms with Crippen molar-refractivity contribution in [3.8, 4) is 0 Å². The highest BCUT2D eigenvalue weighted by atomic mass is 79.9. The Morgan fingerprint density at radius 1 is 0.958 bits per heavy atom. The Hall–Kier alpha value is -2.93. The van der Waals surface area contributed by atoms with Gasteiger partial charge >= 0.3 is 0 Å². The molecule has 0 unspecified atom stereocenters. The molecule has 1 aromatic carbocycles. The molecule has 2 heterocycles. The first kappa shape index (κ1) is 15.9. The van der Waals surface area contributed by atoms with Crippen molar-refractivity contribution >= 4 is 39.2 Å². The smallest absolute Gasteiger partial charge is 0.291 e. The number of pyridine rings is 1. The SMILES string of the molecule is O=C(Nc1ccc(Br)cn1)c1ccc(NC(=O)c2ccco2)cc1. The molecule has 2 aromatic heterocycles. The Kier molecular flexibility index (Phi) is 4.72. The third kappa shape index (κ3) is 3.88. The van der Waals surface area contributed by atoms with Crippen molar-refractivity contribution in [3.05, 3.63) is 76.8 Å². The number of hydrogen-bond acceptors (Lipinski definition) is 4. The lowest BCUT2D eigenvalue weighted by molar-refractivity contribution is 0.0995. The molecule has 0 aliphatic rings. The summed E-state index contributed by atoms with van der Waals surface area (Å²) in [6.45, 7) is 0. The van der Waals surface area contributed by atoms with Crippen LogP contribution in [0.5, 0.6) is 0 Å². The van der Waals surface area contributed by atoms with Gasteiger partial charge in [-0.2, -0.15) is 0 Å². The van der Waals surface area contributed by atoms with Crippen LogP contribution in [0.4, 0.5) is 11.5 Å². The second kappa shape index (κ2) is 7.10. The van der Waals surface area contributed by atoms with Crippen molar-refractivity contribution in [2.75, 3.05) is 10.6 Å². The number of hydrogen-bond donors (Lipinski definition) is 2. The monoisotopic (exact) mass is 385 g/mol. The molecule has 24 heavy (non-hydrogen) atoms. The molecule has 0 spiro atoms. The van der Waals surface area contributed by atoms with Gasteiger partial charge in [0, 0.05) is 21.9 Å². The molecule has 0 saturated heterocycles. The Morgan fingerprint density at radius 2 is 1.75 bits per heavy atom. The first-order chi connectivity index (χ1) is 11.6. The molecule has 0 aliphatic heterocycles. The van der Waals surface area contributed by atoms with E-state index in [4.69, 9.17) is 4.42 Å². The van der Waals surface area contributed by atoms with Gasteiger partial charge < -0.3 is 15.1 Å². The van der Waals surface area contributed by atoms with Crippen LogP contribution in [0, 0.1) is 0 Å². The number of rotatable bonds is 4. The average molecular weight is 386 g/mol. The van der Waals surface area contributed by atoms with E-state index in [1.54, 1.807) is 54.7 Å². The fourth-order valence-electron chi connectivity index (χ4n) is 1.94. The van der Waals surface area contributed by atoms with E-state index in [0.717, 1.165) is 4.47 Å². The molecule has 3 rings (SSSR count). The summed E-state index contributed by atoms with van der Waals surface area (Å²) in [5.74, 6) is 0.0431. The highest BCUT2D eigenvalue weighted by Gasteiger charge is 2.10. The zero-order valence-electron chi connectivity index (χ0n) is 12.3. The number of anilines is 2. The minimum atomic E-state index is -0.351. The summed E-state index contributed by atoms with van der Waals surface area (Å²) < 4.78 is 5.85. The van der Waals surface area contributed by atoms with Crippen molar-refractivity contribution in [2.45, 2.75) is 0 Å². The van der Waals surface area contributed by atoms with Crippen LogP contribution in [0.15, 0.2) is 69.9 Å². The summed E-state index contributed by atoms with van der Waals surface area (Å²) >= 11 is 3.28. The van der Waals surface area contributed by atoms with Gasteiger partial charge in [-0.3, -0.25) is 9.59 Å². The topological polar surface area (TPSA) is 84.2 Å². The molecule has 0 atom stereocenters. The number of furan rings is 1. The first-order valence-corrected chi connectivity index (χ1v) is 7.79. The number of amides is 2. The van der Waals surface area contributed by atoms with Crippen molar-refractivity contribution in [1.82, 2.24) is 4.98 Å². The van der Waals surface area contributed by atoms with E-state index in [9.17, 15) is 9.59 Å². The van der Waals surface area contributed by atoms with Crippen molar-refractivity contribution in [3.63, 3.8) is 0 Å². The quantitative estimate of drug-likeness (QED) is 0.712. The largest absolute Gasteiger partial charge is 0.459 e. The Morgan fingerprint density at radius 3 is 2.38 bits per heavy atom. The summed E-state index contributed by atoms with van der Waals surface area (Å²) in [7, 11) is 0. The molecule has 0 radical (unpaired) electrons. The van der Waals surface area contributed by atoms with E-state index in [-0.39, 0.29) is 17.6 Å². The van der Waals surface area contributed by atoms with E-state index in [2.05, 4.69) is 31.5 Å². The van der Waals surface area contributed by atoms with Gasteiger partial charge in [-0.25, -0.2) is 4.98 Å². The molecule has 0 aliphatic carbocycles. The van der Waals surface area contributed by atoms with Crippen LogP contribution in [-0.2, 0) is 0 Å². The third-order valence-electron chi connectivity index (χ3n) is 3.12. The number of nitrogens with zero attached hydrogens (tertiary/aromatic N) is 1. The van der Waals surface area contributed by atoms with Crippen LogP contribution in [0.25, 0.3) is 0 Å². The van der Waals surface area contributed by atoms with E-state index >= 15 is 0 Å². The lowest BCUT2D eigenvalue weighted by atomic mass is 10.2. The van der Waals surface area contributed by atoms with Crippen LogP contribution >= 0.6 is 15.9 Å². The molecule has 6 nitrogen and oxygen atoms in total. The van der Waals surface area contributed by atoms with Crippen molar-refractivity contribution in [1.29, 1.82) is 0 Å². The summed E-state index contributed by atoms with van der Waals surface area (Å²) in [6.07, 6.45) is 3.03. The number of benzene rings is 1. The van der Waals surface area contributed by atoms with Gasteiger partial charge in [-0.1, -0.05) is 0 Å². The summed E-state index contributed by atoms with van der Waals surface area (Å²) in [5, 5.41) is 5.38. The van der Waals surface area contributed by atoms with Crippen LogP contribution in [-0.4, -0.2) is 16.8 Å². The van der Waals surface area contributed by atoms with Crippen molar-refractivity contribution < 1.29 is 14.0 Å². The molecule has 120 valence electrons. The van der Waals surface area contributed by atoms with Gasteiger partial charge in [0.25, 0.3) is 11.8 Å².